The number of aryl methyl sites for hydroxylation is 1. The largest absolute Gasteiger partial charge is 0.401 e. The third-order valence-corrected chi connectivity index (χ3v) is 5.66. The fraction of sp³-hybridized carbons (Fsp3) is 0.789. The zero-order valence-corrected chi connectivity index (χ0v) is 16.5. The van der Waals surface area contributed by atoms with Gasteiger partial charge in [-0.25, -0.2) is 0 Å². The third-order valence-electron chi connectivity index (χ3n) is 5.66. The van der Waals surface area contributed by atoms with E-state index in [1.54, 1.807) is 0 Å². The SMILES string of the molecule is CCn1cc(CN2CCCN(C(=O)C3CCN(CC(F)(F)F)CC3)CC2)cn1. The maximum Gasteiger partial charge on any atom is 0.401 e. The molecule has 2 aliphatic heterocycles. The molecule has 1 aromatic rings. The van der Waals surface area contributed by atoms with Crippen molar-refractivity contribution < 1.29 is 18.0 Å². The normalized spacial score (nSPS) is 21.1. The van der Waals surface area contributed by atoms with Crippen molar-refractivity contribution in [3.8, 4) is 0 Å². The van der Waals surface area contributed by atoms with Gasteiger partial charge in [-0.05, 0) is 39.3 Å². The van der Waals surface area contributed by atoms with Gasteiger partial charge in [0.05, 0.1) is 12.7 Å². The summed E-state index contributed by atoms with van der Waals surface area (Å²) < 4.78 is 39.5. The summed E-state index contributed by atoms with van der Waals surface area (Å²) in [5.41, 5.74) is 1.18. The second kappa shape index (κ2) is 9.26. The Morgan fingerprint density at radius 2 is 1.86 bits per heavy atom. The molecule has 9 heteroatoms. The van der Waals surface area contributed by atoms with Crippen LogP contribution in [0.4, 0.5) is 13.2 Å². The molecule has 2 saturated heterocycles. The molecule has 0 atom stereocenters. The van der Waals surface area contributed by atoms with Crippen molar-refractivity contribution in [1.82, 2.24) is 24.5 Å². The first-order chi connectivity index (χ1) is 13.3. The summed E-state index contributed by atoms with van der Waals surface area (Å²) >= 11 is 0. The summed E-state index contributed by atoms with van der Waals surface area (Å²) in [5.74, 6) is -0.0221. The maximum absolute atomic E-state index is 12.9. The number of hydrogen-bond donors (Lipinski definition) is 0. The Kier molecular flexibility index (Phi) is 6.98. The van der Waals surface area contributed by atoms with Crippen molar-refractivity contribution in [2.45, 2.75) is 45.5 Å². The van der Waals surface area contributed by atoms with Crippen molar-refractivity contribution in [3.63, 3.8) is 0 Å². The Morgan fingerprint density at radius 3 is 2.50 bits per heavy atom. The highest BCUT2D eigenvalue weighted by Crippen LogP contribution is 2.24. The van der Waals surface area contributed by atoms with E-state index in [0.717, 1.165) is 39.1 Å². The standard InChI is InChI=1S/C19H30F3N5O/c1-2-27-14-16(12-23-27)13-24-6-3-7-26(11-10-24)18(28)17-4-8-25(9-5-17)15-19(20,21)22/h12,14,17H,2-11,13,15H2,1H3. The first-order valence-electron chi connectivity index (χ1n) is 10.2. The van der Waals surface area contributed by atoms with E-state index in [9.17, 15) is 18.0 Å². The minimum atomic E-state index is -4.17. The smallest absolute Gasteiger partial charge is 0.341 e. The molecular weight excluding hydrogens is 371 g/mol. The number of piperidine rings is 1. The summed E-state index contributed by atoms with van der Waals surface area (Å²) in [6.45, 7) is 6.72. The van der Waals surface area contributed by atoms with Gasteiger partial charge in [0.2, 0.25) is 5.91 Å². The number of halogens is 3. The van der Waals surface area contributed by atoms with E-state index in [4.69, 9.17) is 0 Å². The summed E-state index contributed by atoms with van der Waals surface area (Å²) in [5, 5.41) is 4.31. The molecule has 1 amide bonds. The highest BCUT2D eigenvalue weighted by atomic mass is 19.4. The number of rotatable bonds is 5. The number of alkyl halides is 3. The molecule has 0 aromatic carbocycles. The van der Waals surface area contributed by atoms with Crippen LogP contribution >= 0.6 is 0 Å². The van der Waals surface area contributed by atoms with Gasteiger partial charge < -0.3 is 4.90 Å². The average molecular weight is 401 g/mol. The van der Waals surface area contributed by atoms with E-state index >= 15 is 0 Å². The quantitative estimate of drug-likeness (QED) is 0.759. The van der Waals surface area contributed by atoms with Crippen molar-refractivity contribution >= 4 is 5.91 Å². The molecule has 6 nitrogen and oxygen atoms in total. The minimum absolute atomic E-state index is 0.118. The van der Waals surface area contributed by atoms with Crippen LogP contribution in [0.3, 0.4) is 0 Å². The van der Waals surface area contributed by atoms with Crippen LogP contribution in [-0.2, 0) is 17.9 Å². The average Bonchev–Trinajstić information content (AvgIpc) is 2.97. The molecule has 3 rings (SSSR count). The molecule has 2 fully saturated rings. The number of nitrogens with zero attached hydrogens (tertiary/aromatic N) is 5. The fourth-order valence-electron chi connectivity index (χ4n) is 4.12. The molecule has 0 radical (unpaired) electrons. The van der Waals surface area contributed by atoms with Gasteiger partial charge in [-0.2, -0.15) is 18.3 Å². The Labute approximate surface area is 164 Å². The summed E-state index contributed by atoms with van der Waals surface area (Å²) in [6, 6.07) is 0. The van der Waals surface area contributed by atoms with E-state index in [0.29, 0.717) is 32.5 Å². The van der Waals surface area contributed by atoms with Crippen molar-refractivity contribution in [1.29, 1.82) is 0 Å². The number of carbonyl (C=O) groups is 1. The van der Waals surface area contributed by atoms with E-state index in [2.05, 4.69) is 23.1 Å². The second-order valence-electron chi connectivity index (χ2n) is 7.82. The van der Waals surface area contributed by atoms with Crippen molar-refractivity contribution in [3.05, 3.63) is 18.0 Å². The van der Waals surface area contributed by atoms with Crippen LogP contribution in [0.5, 0.6) is 0 Å². The number of amides is 1. The number of likely N-dealkylation sites (tertiary alicyclic amines) is 1. The van der Waals surface area contributed by atoms with E-state index in [-0.39, 0.29) is 11.8 Å². The molecule has 28 heavy (non-hydrogen) atoms. The van der Waals surface area contributed by atoms with Gasteiger partial charge in [0.1, 0.15) is 0 Å². The zero-order valence-electron chi connectivity index (χ0n) is 16.5. The molecule has 0 bridgehead atoms. The van der Waals surface area contributed by atoms with Crippen LogP contribution in [0.1, 0.15) is 31.7 Å². The minimum Gasteiger partial charge on any atom is -0.341 e. The van der Waals surface area contributed by atoms with Gasteiger partial charge in [-0.3, -0.25) is 19.3 Å². The van der Waals surface area contributed by atoms with Crippen LogP contribution in [0.25, 0.3) is 0 Å². The van der Waals surface area contributed by atoms with E-state index in [1.807, 2.05) is 15.8 Å². The molecule has 0 aliphatic carbocycles. The van der Waals surface area contributed by atoms with Gasteiger partial charge in [-0.1, -0.05) is 0 Å². The highest BCUT2D eigenvalue weighted by Gasteiger charge is 2.35. The number of aromatic nitrogens is 2. The molecular formula is C19H30F3N5O. The van der Waals surface area contributed by atoms with E-state index in [1.165, 1.54) is 10.5 Å². The molecule has 3 heterocycles. The van der Waals surface area contributed by atoms with Crippen LogP contribution in [-0.4, -0.2) is 82.4 Å². The predicted molar refractivity (Wildman–Crippen MR) is 99.6 cm³/mol. The van der Waals surface area contributed by atoms with Crippen LogP contribution in [0.2, 0.25) is 0 Å². The summed E-state index contributed by atoms with van der Waals surface area (Å²) in [7, 11) is 0. The molecule has 2 aliphatic rings. The number of hydrogen-bond acceptors (Lipinski definition) is 4. The molecule has 0 unspecified atom stereocenters. The van der Waals surface area contributed by atoms with Crippen LogP contribution < -0.4 is 0 Å². The predicted octanol–water partition coefficient (Wildman–Crippen LogP) is 2.21. The highest BCUT2D eigenvalue weighted by molar-refractivity contribution is 5.79. The topological polar surface area (TPSA) is 44.6 Å². The Bertz CT molecular complexity index is 640. The van der Waals surface area contributed by atoms with Gasteiger partial charge >= 0.3 is 6.18 Å². The Hall–Kier alpha value is -1.61. The summed E-state index contributed by atoms with van der Waals surface area (Å²) in [4.78, 5) is 18.5. The number of carbonyl (C=O) groups excluding carboxylic acids is 1. The lowest BCUT2D eigenvalue weighted by Gasteiger charge is -2.34. The maximum atomic E-state index is 12.9. The lowest BCUT2D eigenvalue weighted by molar-refractivity contribution is -0.151. The van der Waals surface area contributed by atoms with Gasteiger partial charge in [0.25, 0.3) is 0 Å². The molecule has 1 aromatic heterocycles. The lowest BCUT2D eigenvalue weighted by atomic mass is 9.95. The second-order valence-corrected chi connectivity index (χ2v) is 7.82. The molecule has 0 N–H and O–H groups in total. The summed E-state index contributed by atoms with van der Waals surface area (Å²) in [6.07, 6.45) is 1.74. The Balaban J connectivity index is 1.45. The molecule has 158 valence electrons. The van der Waals surface area contributed by atoms with Gasteiger partial charge in [0.15, 0.2) is 0 Å². The van der Waals surface area contributed by atoms with Crippen molar-refractivity contribution in [2.75, 3.05) is 45.8 Å². The third kappa shape index (κ3) is 5.94. The Morgan fingerprint density at radius 1 is 1.11 bits per heavy atom. The monoisotopic (exact) mass is 401 g/mol. The van der Waals surface area contributed by atoms with Gasteiger partial charge in [0, 0.05) is 56.9 Å². The fourth-order valence-corrected chi connectivity index (χ4v) is 4.12. The molecule has 0 saturated carbocycles. The zero-order chi connectivity index (χ0) is 20.1. The van der Waals surface area contributed by atoms with Crippen molar-refractivity contribution in [2.24, 2.45) is 5.92 Å². The van der Waals surface area contributed by atoms with Gasteiger partial charge in [-0.15, -0.1) is 0 Å². The molecule has 0 spiro atoms. The first kappa shape index (κ1) is 21.1. The van der Waals surface area contributed by atoms with Crippen LogP contribution in [0.15, 0.2) is 12.4 Å². The van der Waals surface area contributed by atoms with E-state index < -0.39 is 12.7 Å². The first-order valence-corrected chi connectivity index (χ1v) is 10.2. The van der Waals surface area contributed by atoms with Crippen LogP contribution in [0, 0.1) is 5.92 Å². The lowest BCUT2D eigenvalue weighted by Crippen LogP contribution is -2.45.